The number of pyridine rings is 1. The van der Waals surface area contributed by atoms with Crippen LogP contribution in [0.3, 0.4) is 0 Å². The molecule has 0 aromatic carbocycles. The van der Waals surface area contributed by atoms with E-state index >= 15 is 0 Å². The minimum Gasteiger partial charge on any atom is -0.362 e. The third kappa shape index (κ3) is 5.46. The fourth-order valence-electron chi connectivity index (χ4n) is 3.33. The van der Waals surface area contributed by atoms with E-state index in [0.29, 0.717) is 24.6 Å². The summed E-state index contributed by atoms with van der Waals surface area (Å²) in [6, 6.07) is 2.02. The van der Waals surface area contributed by atoms with Crippen LogP contribution >= 0.6 is 0 Å². The number of nitrogens with zero attached hydrogens (tertiary/aromatic N) is 4. The predicted octanol–water partition coefficient (Wildman–Crippen LogP) is 4.45. The van der Waals surface area contributed by atoms with Gasteiger partial charge in [-0.2, -0.15) is 0 Å². The SMILES string of the molecule is Cc1cc2c(nc1NC(=O)CC(C)(C)C)CCCN2Cc1ncc(C(F)F)cn1. The van der Waals surface area contributed by atoms with Crippen LogP contribution in [0.4, 0.5) is 20.3 Å². The number of hydrogen-bond donors (Lipinski definition) is 1. The number of nitrogens with one attached hydrogen (secondary N) is 1. The van der Waals surface area contributed by atoms with Crippen molar-refractivity contribution in [3.63, 3.8) is 0 Å². The van der Waals surface area contributed by atoms with E-state index in [1.54, 1.807) is 0 Å². The average molecular weight is 403 g/mol. The molecular formula is C21H27F2N5O. The van der Waals surface area contributed by atoms with Crippen LogP contribution in [-0.4, -0.2) is 27.4 Å². The van der Waals surface area contributed by atoms with Crippen molar-refractivity contribution < 1.29 is 13.6 Å². The van der Waals surface area contributed by atoms with E-state index in [0.717, 1.165) is 36.3 Å². The van der Waals surface area contributed by atoms with Crippen LogP contribution in [-0.2, 0) is 17.8 Å². The maximum absolute atomic E-state index is 12.7. The standard InChI is InChI=1S/C21H27F2N5O/c1-13-8-16-15(26-20(13)27-18(29)9-21(2,3)4)6-5-7-28(16)12-17-24-10-14(11-25-17)19(22)23/h8,10-11,19H,5-7,9,12H2,1-4H3,(H,26,27,29). The largest absolute Gasteiger partial charge is 0.362 e. The maximum atomic E-state index is 12.7. The van der Waals surface area contributed by atoms with Crippen molar-refractivity contribution in [3.05, 3.63) is 41.1 Å². The minimum atomic E-state index is -2.57. The molecule has 29 heavy (non-hydrogen) atoms. The second kappa shape index (κ2) is 8.39. The second-order valence-corrected chi connectivity index (χ2v) is 8.66. The van der Waals surface area contributed by atoms with Crippen LogP contribution in [0.15, 0.2) is 18.5 Å². The van der Waals surface area contributed by atoms with Crippen molar-refractivity contribution in [1.29, 1.82) is 0 Å². The van der Waals surface area contributed by atoms with Crippen LogP contribution < -0.4 is 10.2 Å². The molecule has 0 atom stereocenters. The van der Waals surface area contributed by atoms with Gasteiger partial charge in [0.25, 0.3) is 6.43 Å². The van der Waals surface area contributed by atoms with Gasteiger partial charge in [-0.25, -0.2) is 23.7 Å². The third-order valence-corrected chi connectivity index (χ3v) is 4.71. The lowest BCUT2D eigenvalue weighted by Crippen LogP contribution is -2.31. The summed E-state index contributed by atoms with van der Waals surface area (Å²) in [5.41, 5.74) is 2.50. The van der Waals surface area contributed by atoms with Crippen molar-refractivity contribution in [3.8, 4) is 0 Å². The molecule has 1 aliphatic rings. The minimum absolute atomic E-state index is 0.0479. The molecule has 1 N–H and O–H groups in total. The van der Waals surface area contributed by atoms with Crippen LogP contribution in [0, 0.1) is 12.3 Å². The Balaban J connectivity index is 1.77. The molecule has 0 radical (unpaired) electrons. The first kappa shape index (κ1) is 21.1. The molecule has 1 aliphatic heterocycles. The van der Waals surface area contributed by atoms with Crippen molar-refractivity contribution >= 4 is 17.4 Å². The molecule has 0 aliphatic carbocycles. The van der Waals surface area contributed by atoms with Gasteiger partial charge in [0, 0.05) is 25.4 Å². The summed E-state index contributed by atoms with van der Waals surface area (Å²) in [6.45, 7) is 9.21. The van der Waals surface area contributed by atoms with E-state index < -0.39 is 6.43 Å². The second-order valence-electron chi connectivity index (χ2n) is 8.66. The van der Waals surface area contributed by atoms with E-state index in [9.17, 15) is 13.6 Å². The summed E-state index contributed by atoms with van der Waals surface area (Å²) in [5.74, 6) is 1.04. The number of halogens is 2. The zero-order chi connectivity index (χ0) is 21.2. The fourth-order valence-corrected chi connectivity index (χ4v) is 3.33. The topological polar surface area (TPSA) is 71.0 Å². The number of hydrogen-bond acceptors (Lipinski definition) is 5. The number of amides is 1. The summed E-state index contributed by atoms with van der Waals surface area (Å²) < 4.78 is 25.4. The molecule has 6 nitrogen and oxygen atoms in total. The Kier molecular flexibility index (Phi) is 6.10. The van der Waals surface area contributed by atoms with Gasteiger partial charge in [-0.1, -0.05) is 20.8 Å². The molecular weight excluding hydrogens is 376 g/mol. The van der Waals surface area contributed by atoms with E-state index in [2.05, 4.69) is 20.2 Å². The third-order valence-electron chi connectivity index (χ3n) is 4.71. The smallest absolute Gasteiger partial charge is 0.266 e. The number of aryl methyl sites for hydroxylation is 2. The number of alkyl halides is 2. The van der Waals surface area contributed by atoms with Gasteiger partial charge in [0.05, 0.1) is 23.5 Å². The lowest BCUT2D eigenvalue weighted by Gasteiger charge is -2.31. The summed E-state index contributed by atoms with van der Waals surface area (Å²) in [5, 5.41) is 2.93. The van der Waals surface area contributed by atoms with Gasteiger partial charge in [0.15, 0.2) is 0 Å². The number of rotatable bonds is 5. The van der Waals surface area contributed by atoms with Gasteiger partial charge in [-0.05, 0) is 36.8 Å². The lowest BCUT2D eigenvalue weighted by molar-refractivity contribution is -0.117. The average Bonchev–Trinajstić information content (AvgIpc) is 2.62. The summed E-state index contributed by atoms with van der Waals surface area (Å²) in [4.78, 5) is 27.2. The highest BCUT2D eigenvalue weighted by atomic mass is 19.3. The molecule has 2 aromatic heterocycles. The molecule has 0 bridgehead atoms. The Morgan fingerprint density at radius 3 is 2.59 bits per heavy atom. The Morgan fingerprint density at radius 2 is 1.97 bits per heavy atom. The van der Waals surface area contributed by atoms with E-state index in [-0.39, 0.29) is 16.9 Å². The Morgan fingerprint density at radius 1 is 1.28 bits per heavy atom. The Hall–Kier alpha value is -2.64. The number of carbonyl (C=O) groups excluding carboxylic acids is 1. The van der Waals surface area contributed by atoms with E-state index in [1.807, 2.05) is 33.8 Å². The summed E-state index contributed by atoms with van der Waals surface area (Å²) in [7, 11) is 0. The molecule has 8 heteroatoms. The van der Waals surface area contributed by atoms with Crippen LogP contribution in [0.25, 0.3) is 0 Å². The van der Waals surface area contributed by atoms with Gasteiger partial charge in [-0.15, -0.1) is 0 Å². The molecule has 3 heterocycles. The zero-order valence-electron chi connectivity index (χ0n) is 17.3. The Labute approximate surface area is 169 Å². The highest BCUT2D eigenvalue weighted by Gasteiger charge is 2.23. The molecule has 0 fully saturated rings. The molecule has 0 saturated carbocycles. The zero-order valence-corrected chi connectivity index (χ0v) is 17.3. The predicted molar refractivity (Wildman–Crippen MR) is 108 cm³/mol. The van der Waals surface area contributed by atoms with Crippen LogP contribution in [0.5, 0.6) is 0 Å². The summed E-state index contributed by atoms with van der Waals surface area (Å²) in [6.07, 6.45) is 1.93. The highest BCUT2D eigenvalue weighted by molar-refractivity contribution is 5.91. The molecule has 0 unspecified atom stereocenters. The van der Waals surface area contributed by atoms with Crippen LogP contribution in [0.2, 0.25) is 0 Å². The molecule has 156 valence electrons. The van der Waals surface area contributed by atoms with Gasteiger partial charge in [0.2, 0.25) is 5.91 Å². The van der Waals surface area contributed by atoms with E-state index in [1.165, 1.54) is 12.4 Å². The molecule has 0 saturated heterocycles. The normalized spacial score (nSPS) is 14.1. The number of aromatic nitrogens is 3. The quantitative estimate of drug-likeness (QED) is 0.799. The van der Waals surface area contributed by atoms with Crippen molar-refractivity contribution in [1.82, 2.24) is 15.0 Å². The number of anilines is 2. The van der Waals surface area contributed by atoms with E-state index in [4.69, 9.17) is 4.98 Å². The molecule has 1 amide bonds. The van der Waals surface area contributed by atoms with Gasteiger partial charge >= 0.3 is 0 Å². The number of fused-ring (bicyclic) bond motifs is 1. The first-order chi connectivity index (χ1) is 13.6. The first-order valence-corrected chi connectivity index (χ1v) is 9.77. The van der Waals surface area contributed by atoms with Gasteiger partial charge < -0.3 is 10.2 Å². The van der Waals surface area contributed by atoms with Crippen molar-refractivity contribution in [2.45, 2.75) is 59.9 Å². The fraction of sp³-hybridized carbons (Fsp3) is 0.524. The monoisotopic (exact) mass is 403 g/mol. The highest BCUT2D eigenvalue weighted by Crippen LogP contribution is 2.31. The maximum Gasteiger partial charge on any atom is 0.266 e. The summed E-state index contributed by atoms with van der Waals surface area (Å²) >= 11 is 0. The van der Waals surface area contributed by atoms with Crippen molar-refractivity contribution in [2.75, 3.05) is 16.8 Å². The molecule has 2 aromatic rings. The molecule has 0 spiro atoms. The van der Waals surface area contributed by atoms with Gasteiger partial charge in [0.1, 0.15) is 11.6 Å². The Bertz CT molecular complexity index is 878. The number of carbonyl (C=O) groups is 1. The lowest BCUT2D eigenvalue weighted by atomic mass is 9.92. The molecule has 3 rings (SSSR count). The first-order valence-electron chi connectivity index (χ1n) is 9.77. The van der Waals surface area contributed by atoms with Crippen LogP contribution in [0.1, 0.15) is 62.7 Å². The van der Waals surface area contributed by atoms with Gasteiger partial charge in [-0.3, -0.25) is 4.79 Å². The van der Waals surface area contributed by atoms with Crippen molar-refractivity contribution in [2.24, 2.45) is 5.41 Å².